The lowest BCUT2D eigenvalue weighted by atomic mass is 10.1. The van der Waals surface area contributed by atoms with Crippen molar-refractivity contribution in [1.29, 1.82) is 0 Å². The van der Waals surface area contributed by atoms with Crippen molar-refractivity contribution in [3.8, 4) is 0 Å². The van der Waals surface area contributed by atoms with Crippen LogP contribution in [0.1, 0.15) is 18.4 Å². The number of benzene rings is 1. The molecule has 0 spiro atoms. The second-order valence-electron chi connectivity index (χ2n) is 4.47. The van der Waals surface area contributed by atoms with E-state index in [0.29, 0.717) is 11.4 Å². The Balaban J connectivity index is 2.36. The standard InChI is InChI=1S/C11H13ClO3S/c1-16(14,15)10-5-8(4-9(12)6-10)7-11(13)2-3-11/h4-6,13H,2-3,7H2,1H3. The zero-order chi connectivity index (χ0) is 12.0. The van der Waals surface area contributed by atoms with E-state index in [4.69, 9.17) is 11.6 Å². The summed E-state index contributed by atoms with van der Waals surface area (Å²) in [5.41, 5.74) is 0.132. The van der Waals surface area contributed by atoms with Crippen molar-refractivity contribution >= 4 is 21.4 Å². The van der Waals surface area contributed by atoms with Gasteiger partial charge in [0.2, 0.25) is 0 Å². The molecule has 0 heterocycles. The van der Waals surface area contributed by atoms with Gasteiger partial charge in [0.15, 0.2) is 9.84 Å². The maximum atomic E-state index is 11.4. The van der Waals surface area contributed by atoms with Gasteiger partial charge in [-0.25, -0.2) is 8.42 Å². The molecule has 1 aromatic carbocycles. The molecule has 0 unspecified atom stereocenters. The molecule has 1 fully saturated rings. The van der Waals surface area contributed by atoms with Crippen LogP contribution in [-0.2, 0) is 16.3 Å². The van der Waals surface area contributed by atoms with Gasteiger partial charge < -0.3 is 5.11 Å². The van der Waals surface area contributed by atoms with Gasteiger partial charge in [0.1, 0.15) is 0 Å². The van der Waals surface area contributed by atoms with Gasteiger partial charge in [0.25, 0.3) is 0 Å². The molecule has 2 rings (SSSR count). The first-order valence-electron chi connectivity index (χ1n) is 5.00. The normalized spacial score (nSPS) is 18.4. The largest absolute Gasteiger partial charge is 0.390 e. The highest BCUT2D eigenvalue weighted by Crippen LogP contribution is 2.38. The molecule has 0 amide bonds. The van der Waals surface area contributed by atoms with Crippen molar-refractivity contribution in [2.75, 3.05) is 6.26 Å². The van der Waals surface area contributed by atoms with Gasteiger partial charge in [-0.15, -0.1) is 0 Å². The molecule has 16 heavy (non-hydrogen) atoms. The lowest BCUT2D eigenvalue weighted by Crippen LogP contribution is -2.11. The molecule has 1 aliphatic carbocycles. The van der Waals surface area contributed by atoms with Gasteiger partial charge in [-0.1, -0.05) is 11.6 Å². The zero-order valence-corrected chi connectivity index (χ0v) is 10.5. The number of aliphatic hydroxyl groups is 1. The summed E-state index contributed by atoms with van der Waals surface area (Å²) >= 11 is 5.86. The molecule has 3 nitrogen and oxygen atoms in total. The second kappa shape index (κ2) is 3.72. The number of rotatable bonds is 3. The predicted molar refractivity (Wildman–Crippen MR) is 62.4 cm³/mol. The molecule has 5 heteroatoms. The molecule has 0 atom stereocenters. The molecule has 1 aliphatic rings. The third kappa shape index (κ3) is 2.75. The molecule has 1 N–H and O–H groups in total. The molecule has 0 aliphatic heterocycles. The van der Waals surface area contributed by atoms with Crippen molar-refractivity contribution in [2.24, 2.45) is 0 Å². The molecule has 0 aromatic heterocycles. The molecule has 88 valence electrons. The van der Waals surface area contributed by atoms with Gasteiger partial charge in [-0.05, 0) is 36.6 Å². The SMILES string of the molecule is CS(=O)(=O)c1cc(Cl)cc(CC2(O)CC2)c1. The second-order valence-corrected chi connectivity index (χ2v) is 6.92. The van der Waals surface area contributed by atoms with Gasteiger partial charge in [-0.2, -0.15) is 0 Å². The molecule has 1 saturated carbocycles. The van der Waals surface area contributed by atoms with Crippen LogP contribution in [-0.4, -0.2) is 25.4 Å². The lowest BCUT2D eigenvalue weighted by Gasteiger charge is -2.09. The monoisotopic (exact) mass is 260 g/mol. The van der Waals surface area contributed by atoms with Crippen LogP contribution in [0.25, 0.3) is 0 Å². The summed E-state index contributed by atoms with van der Waals surface area (Å²) in [6.07, 6.45) is 3.16. The zero-order valence-electron chi connectivity index (χ0n) is 8.90. The van der Waals surface area contributed by atoms with Crippen molar-refractivity contribution in [2.45, 2.75) is 29.8 Å². The first kappa shape index (κ1) is 11.9. The third-order valence-electron chi connectivity index (χ3n) is 2.72. The summed E-state index contributed by atoms with van der Waals surface area (Å²) in [5.74, 6) is 0. The Morgan fingerprint density at radius 1 is 1.38 bits per heavy atom. The topological polar surface area (TPSA) is 54.4 Å². The minimum Gasteiger partial charge on any atom is -0.390 e. The first-order chi connectivity index (χ1) is 7.28. The quantitative estimate of drug-likeness (QED) is 0.902. The summed E-state index contributed by atoms with van der Waals surface area (Å²) in [6, 6.07) is 4.71. The Bertz CT molecular complexity index is 518. The number of hydrogen-bond acceptors (Lipinski definition) is 3. The fourth-order valence-electron chi connectivity index (χ4n) is 1.64. The van der Waals surface area contributed by atoms with Crippen LogP contribution in [0.2, 0.25) is 5.02 Å². The van der Waals surface area contributed by atoms with Crippen LogP contribution in [0.15, 0.2) is 23.1 Å². The summed E-state index contributed by atoms with van der Waals surface area (Å²) in [5, 5.41) is 10.2. The van der Waals surface area contributed by atoms with Gasteiger partial charge in [0.05, 0.1) is 10.5 Å². The number of halogens is 1. The Labute approximate surface area is 100.0 Å². The van der Waals surface area contributed by atoms with E-state index in [-0.39, 0.29) is 4.90 Å². The molecule has 0 radical (unpaired) electrons. The van der Waals surface area contributed by atoms with Crippen molar-refractivity contribution in [1.82, 2.24) is 0 Å². The maximum absolute atomic E-state index is 11.4. The van der Waals surface area contributed by atoms with Crippen LogP contribution < -0.4 is 0 Å². The van der Waals surface area contributed by atoms with E-state index in [1.54, 1.807) is 12.1 Å². The van der Waals surface area contributed by atoms with Crippen molar-refractivity contribution in [3.05, 3.63) is 28.8 Å². The highest BCUT2D eigenvalue weighted by molar-refractivity contribution is 7.90. The highest BCUT2D eigenvalue weighted by atomic mass is 35.5. The fourth-order valence-corrected chi connectivity index (χ4v) is 2.67. The smallest absolute Gasteiger partial charge is 0.175 e. The molecular weight excluding hydrogens is 248 g/mol. The first-order valence-corrected chi connectivity index (χ1v) is 7.27. The predicted octanol–water partition coefficient (Wildman–Crippen LogP) is 1.81. The van der Waals surface area contributed by atoms with Crippen LogP contribution in [0.4, 0.5) is 0 Å². The van der Waals surface area contributed by atoms with E-state index in [1.807, 2.05) is 0 Å². The van der Waals surface area contributed by atoms with E-state index in [0.717, 1.165) is 24.7 Å². The Morgan fingerprint density at radius 2 is 2.00 bits per heavy atom. The molecular formula is C11H13ClO3S. The Morgan fingerprint density at radius 3 is 2.50 bits per heavy atom. The molecule has 0 saturated heterocycles. The van der Waals surface area contributed by atoms with Crippen molar-refractivity contribution < 1.29 is 13.5 Å². The van der Waals surface area contributed by atoms with E-state index in [9.17, 15) is 13.5 Å². The van der Waals surface area contributed by atoms with E-state index >= 15 is 0 Å². The van der Waals surface area contributed by atoms with E-state index in [2.05, 4.69) is 0 Å². The van der Waals surface area contributed by atoms with Gasteiger partial charge in [-0.3, -0.25) is 0 Å². The third-order valence-corrected chi connectivity index (χ3v) is 4.03. The minimum absolute atomic E-state index is 0.208. The molecule has 0 bridgehead atoms. The van der Waals surface area contributed by atoms with E-state index in [1.165, 1.54) is 6.07 Å². The number of hydrogen-bond donors (Lipinski definition) is 1. The van der Waals surface area contributed by atoms with Gasteiger partial charge >= 0.3 is 0 Å². The average molecular weight is 261 g/mol. The highest BCUT2D eigenvalue weighted by Gasteiger charge is 2.40. The van der Waals surface area contributed by atoms with Crippen LogP contribution in [0.5, 0.6) is 0 Å². The summed E-state index contributed by atoms with van der Waals surface area (Å²) in [4.78, 5) is 0.208. The lowest BCUT2D eigenvalue weighted by molar-refractivity contribution is 0.151. The van der Waals surface area contributed by atoms with Crippen LogP contribution in [0.3, 0.4) is 0 Å². The summed E-state index contributed by atoms with van der Waals surface area (Å²) in [7, 11) is -3.25. The average Bonchev–Trinajstić information content (AvgIpc) is 2.80. The molecule has 1 aromatic rings. The Kier molecular flexibility index (Phi) is 2.77. The van der Waals surface area contributed by atoms with Gasteiger partial charge in [0, 0.05) is 17.7 Å². The van der Waals surface area contributed by atoms with Crippen molar-refractivity contribution in [3.63, 3.8) is 0 Å². The van der Waals surface area contributed by atoms with E-state index < -0.39 is 15.4 Å². The fraction of sp³-hybridized carbons (Fsp3) is 0.455. The Hall–Kier alpha value is -0.580. The van der Waals surface area contributed by atoms with Crippen LogP contribution in [0, 0.1) is 0 Å². The summed E-state index contributed by atoms with van der Waals surface area (Å²) in [6.45, 7) is 0. The maximum Gasteiger partial charge on any atom is 0.175 e. The number of sulfone groups is 1. The van der Waals surface area contributed by atoms with Crippen LogP contribution >= 0.6 is 11.6 Å². The minimum atomic E-state index is -3.25. The summed E-state index contributed by atoms with van der Waals surface area (Å²) < 4.78 is 22.8.